The van der Waals surface area contributed by atoms with E-state index in [0.29, 0.717) is 18.4 Å². The second kappa shape index (κ2) is 11.1. The third kappa shape index (κ3) is 6.29. The molecular weight excluding hydrogens is 369 g/mol. The molecule has 0 bridgehead atoms. The molecule has 1 heterocycles. The summed E-state index contributed by atoms with van der Waals surface area (Å²) < 4.78 is 43.8. The Bertz CT molecular complexity index is 638. The summed E-state index contributed by atoms with van der Waals surface area (Å²) in [5.74, 6) is 0.458. The number of aliphatic imine (C=N–C) groups is 1. The molecule has 2 rings (SSSR count). The lowest BCUT2D eigenvalue weighted by atomic mass is 10.1. The largest absolute Gasteiger partial charge is 0.434 e. The number of ether oxygens (including phenoxy) is 1. The molecule has 28 heavy (non-hydrogen) atoms. The molecule has 0 aliphatic carbocycles. The maximum atomic E-state index is 14.2. The molecule has 1 aromatic carbocycles. The molecule has 0 amide bonds. The number of hydrogen-bond acceptors (Lipinski definition) is 3. The van der Waals surface area contributed by atoms with Gasteiger partial charge in [-0.3, -0.25) is 0 Å². The molecule has 0 radical (unpaired) electrons. The second-order valence-corrected chi connectivity index (χ2v) is 6.85. The Labute approximate surface area is 165 Å². The number of nitrogens with zero attached hydrogens (tertiary/aromatic N) is 3. The van der Waals surface area contributed by atoms with Crippen molar-refractivity contribution in [2.45, 2.75) is 40.3 Å². The van der Waals surface area contributed by atoms with Crippen LogP contribution in [0.15, 0.2) is 23.2 Å². The monoisotopic (exact) mass is 400 g/mol. The number of hydrogen-bond donors (Lipinski definition) is 1. The first-order chi connectivity index (χ1) is 13.5. The van der Waals surface area contributed by atoms with Crippen LogP contribution in [0.4, 0.5) is 13.2 Å². The zero-order valence-electron chi connectivity index (χ0n) is 16.9. The maximum absolute atomic E-state index is 14.2. The van der Waals surface area contributed by atoms with E-state index in [9.17, 15) is 13.2 Å². The van der Waals surface area contributed by atoms with E-state index in [1.807, 2.05) is 6.92 Å². The lowest BCUT2D eigenvalue weighted by molar-refractivity contribution is -0.0506. The van der Waals surface area contributed by atoms with E-state index >= 15 is 0 Å². The Morgan fingerprint density at radius 1 is 1.32 bits per heavy atom. The molecule has 1 aromatic rings. The first kappa shape index (κ1) is 22.3. The standard InChI is InChI=1S/C20H31F3N4O/c1-4-24-20(27-11-10-15(14-27)13-26(5-2)6-3)25-12-16-17(21)8-7-9-18(16)28-19(22)23/h7-9,15,19H,4-6,10-14H2,1-3H3,(H,24,25). The van der Waals surface area contributed by atoms with Crippen molar-refractivity contribution in [1.29, 1.82) is 0 Å². The summed E-state index contributed by atoms with van der Waals surface area (Å²) in [6, 6.07) is 3.92. The Morgan fingerprint density at radius 2 is 2.07 bits per heavy atom. The van der Waals surface area contributed by atoms with Gasteiger partial charge in [-0.25, -0.2) is 9.38 Å². The van der Waals surface area contributed by atoms with Crippen LogP contribution in [0, 0.1) is 11.7 Å². The van der Waals surface area contributed by atoms with Gasteiger partial charge in [0, 0.05) is 26.2 Å². The summed E-state index contributed by atoms with van der Waals surface area (Å²) in [5, 5.41) is 3.23. The number of nitrogens with one attached hydrogen (secondary N) is 1. The number of guanidine groups is 1. The predicted octanol–water partition coefficient (Wildman–Crippen LogP) is 3.56. The van der Waals surface area contributed by atoms with Gasteiger partial charge in [-0.05, 0) is 44.5 Å². The van der Waals surface area contributed by atoms with Gasteiger partial charge in [-0.1, -0.05) is 19.9 Å². The van der Waals surface area contributed by atoms with E-state index in [1.165, 1.54) is 18.2 Å². The fourth-order valence-electron chi connectivity index (χ4n) is 3.50. The number of halogens is 3. The lowest BCUT2D eigenvalue weighted by Gasteiger charge is -2.24. The minimum Gasteiger partial charge on any atom is -0.434 e. The normalized spacial score (nSPS) is 17.6. The highest BCUT2D eigenvalue weighted by molar-refractivity contribution is 5.80. The third-order valence-electron chi connectivity index (χ3n) is 5.01. The van der Waals surface area contributed by atoms with E-state index < -0.39 is 12.4 Å². The zero-order chi connectivity index (χ0) is 20.5. The van der Waals surface area contributed by atoms with E-state index in [0.717, 1.165) is 39.1 Å². The molecule has 1 unspecified atom stereocenters. The van der Waals surface area contributed by atoms with Crippen LogP contribution in [-0.2, 0) is 6.54 Å². The molecule has 5 nitrogen and oxygen atoms in total. The first-order valence-electron chi connectivity index (χ1n) is 9.96. The van der Waals surface area contributed by atoms with Crippen LogP contribution in [0.5, 0.6) is 5.75 Å². The SMILES string of the molecule is CCNC(=NCc1c(F)cccc1OC(F)F)N1CCC(CN(CC)CC)C1. The molecule has 1 fully saturated rings. The van der Waals surface area contributed by atoms with E-state index in [2.05, 4.69) is 38.7 Å². The molecule has 158 valence electrons. The average Bonchev–Trinajstić information content (AvgIpc) is 3.12. The van der Waals surface area contributed by atoms with Crippen LogP contribution < -0.4 is 10.1 Å². The Kier molecular flexibility index (Phi) is 8.89. The van der Waals surface area contributed by atoms with Crippen LogP contribution in [-0.4, -0.2) is 61.6 Å². The summed E-state index contributed by atoms with van der Waals surface area (Å²) in [6.07, 6.45) is 1.07. The van der Waals surface area contributed by atoms with Gasteiger partial charge in [0.25, 0.3) is 0 Å². The second-order valence-electron chi connectivity index (χ2n) is 6.85. The molecule has 1 N–H and O–H groups in total. The fourth-order valence-corrected chi connectivity index (χ4v) is 3.50. The molecule has 0 spiro atoms. The van der Waals surface area contributed by atoms with E-state index in [1.54, 1.807) is 0 Å². The van der Waals surface area contributed by atoms with Crippen LogP contribution in [0.2, 0.25) is 0 Å². The Morgan fingerprint density at radius 3 is 2.71 bits per heavy atom. The van der Waals surface area contributed by atoms with Gasteiger partial charge in [0.2, 0.25) is 0 Å². The van der Waals surface area contributed by atoms with Crippen molar-refractivity contribution in [1.82, 2.24) is 15.1 Å². The van der Waals surface area contributed by atoms with Crippen molar-refractivity contribution in [3.05, 3.63) is 29.6 Å². The van der Waals surface area contributed by atoms with Crippen molar-refractivity contribution in [3.8, 4) is 5.75 Å². The number of likely N-dealkylation sites (tertiary alicyclic amines) is 1. The molecule has 0 saturated carbocycles. The lowest BCUT2D eigenvalue weighted by Crippen LogP contribution is -2.41. The summed E-state index contributed by atoms with van der Waals surface area (Å²) in [7, 11) is 0. The van der Waals surface area contributed by atoms with Gasteiger partial charge in [-0.2, -0.15) is 8.78 Å². The fraction of sp³-hybridized carbons (Fsp3) is 0.650. The van der Waals surface area contributed by atoms with Crippen LogP contribution in [0.25, 0.3) is 0 Å². The zero-order valence-corrected chi connectivity index (χ0v) is 16.9. The van der Waals surface area contributed by atoms with Gasteiger partial charge in [0.1, 0.15) is 11.6 Å². The molecule has 8 heteroatoms. The highest BCUT2D eigenvalue weighted by Gasteiger charge is 2.26. The summed E-state index contributed by atoms with van der Waals surface area (Å²) in [5.41, 5.74) is 0.0390. The Balaban J connectivity index is 2.09. The van der Waals surface area contributed by atoms with Gasteiger partial charge in [0.15, 0.2) is 5.96 Å². The number of benzene rings is 1. The molecular formula is C20H31F3N4O. The third-order valence-corrected chi connectivity index (χ3v) is 5.01. The van der Waals surface area contributed by atoms with Gasteiger partial charge in [0.05, 0.1) is 12.1 Å². The smallest absolute Gasteiger partial charge is 0.387 e. The molecule has 1 aliphatic rings. The van der Waals surface area contributed by atoms with Gasteiger partial charge < -0.3 is 19.9 Å². The minimum absolute atomic E-state index is 0.0390. The summed E-state index contributed by atoms with van der Waals surface area (Å²) in [6.45, 7) is 8.75. The molecule has 0 aromatic heterocycles. The van der Waals surface area contributed by atoms with Crippen molar-refractivity contribution in [2.75, 3.05) is 39.3 Å². The average molecular weight is 400 g/mol. The first-order valence-corrected chi connectivity index (χ1v) is 9.96. The van der Waals surface area contributed by atoms with Crippen LogP contribution >= 0.6 is 0 Å². The van der Waals surface area contributed by atoms with Crippen molar-refractivity contribution in [3.63, 3.8) is 0 Å². The minimum atomic E-state index is -3.00. The predicted molar refractivity (Wildman–Crippen MR) is 105 cm³/mol. The Hall–Kier alpha value is -1.96. The van der Waals surface area contributed by atoms with Crippen LogP contribution in [0.3, 0.4) is 0 Å². The number of alkyl halides is 2. The van der Waals surface area contributed by atoms with Crippen molar-refractivity contribution < 1.29 is 17.9 Å². The topological polar surface area (TPSA) is 40.1 Å². The van der Waals surface area contributed by atoms with Crippen LogP contribution in [0.1, 0.15) is 32.8 Å². The summed E-state index contributed by atoms with van der Waals surface area (Å²) in [4.78, 5) is 9.07. The van der Waals surface area contributed by atoms with Gasteiger partial charge in [-0.15, -0.1) is 0 Å². The number of rotatable bonds is 9. The van der Waals surface area contributed by atoms with Crippen molar-refractivity contribution >= 4 is 5.96 Å². The quantitative estimate of drug-likeness (QED) is 0.508. The highest BCUT2D eigenvalue weighted by Crippen LogP contribution is 2.25. The van der Waals surface area contributed by atoms with E-state index in [-0.39, 0.29) is 17.9 Å². The molecule has 1 atom stereocenters. The van der Waals surface area contributed by atoms with Crippen molar-refractivity contribution in [2.24, 2.45) is 10.9 Å². The van der Waals surface area contributed by atoms with Gasteiger partial charge >= 0.3 is 6.61 Å². The molecule has 1 saturated heterocycles. The molecule has 1 aliphatic heterocycles. The van der Waals surface area contributed by atoms with E-state index in [4.69, 9.17) is 0 Å². The maximum Gasteiger partial charge on any atom is 0.387 e. The summed E-state index contributed by atoms with van der Waals surface area (Å²) >= 11 is 0. The highest BCUT2D eigenvalue weighted by atomic mass is 19.3.